The second-order valence-corrected chi connectivity index (χ2v) is 30.7. The highest BCUT2D eigenvalue weighted by molar-refractivity contribution is 6.32. The van der Waals surface area contributed by atoms with Crippen molar-refractivity contribution < 1.29 is 137 Å². The molecule has 0 spiro atoms. The van der Waals surface area contributed by atoms with Crippen LogP contribution < -0.4 is 63.3 Å². The predicted octanol–water partition coefficient (Wildman–Crippen LogP) is -1.24. The van der Waals surface area contributed by atoms with Gasteiger partial charge in [0, 0.05) is 60.3 Å². The zero-order valence-corrected chi connectivity index (χ0v) is 64.0. The number of aliphatic imine (C=N–C) groups is 1. The highest BCUT2D eigenvalue weighted by Gasteiger charge is 2.53. The molecule has 0 aliphatic carbocycles. The summed E-state index contributed by atoms with van der Waals surface area (Å²) in [7, 11) is 1.45. The number of phenols is 3. The fourth-order valence-corrected chi connectivity index (χ4v) is 15.2. The van der Waals surface area contributed by atoms with Crippen LogP contribution in [0.3, 0.4) is 0 Å². The Morgan fingerprint density at radius 2 is 1.33 bits per heavy atom. The lowest BCUT2D eigenvalue weighted by Crippen LogP contribution is -2.64. The second-order valence-electron chi connectivity index (χ2n) is 30.3. The number of primary amides is 1. The first-order chi connectivity index (χ1) is 54.8. The molecule has 40 heteroatoms. The highest BCUT2D eigenvalue weighted by Crippen LogP contribution is 2.50. The number of rotatable bonds is 16. The third-order valence-electron chi connectivity index (χ3n) is 21.3. The Bertz CT molecular complexity index is 4620. The van der Waals surface area contributed by atoms with E-state index in [-0.39, 0.29) is 66.6 Å². The summed E-state index contributed by atoms with van der Waals surface area (Å²) in [5.41, 5.74) is 13.5. The van der Waals surface area contributed by atoms with E-state index in [1.54, 1.807) is 6.92 Å². The van der Waals surface area contributed by atoms with Gasteiger partial charge >= 0.3 is 5.97 Å². The Hall–Kier alpha value is -10.3. The lowest BCUT2D eigenvalue weighted by atomic mass is 9.86. The molecule has 9 aliphatic heterocycles. The van der Waals surface area contributed by atoms with Crippen molar-refractivity contribution in [1.29, 1.82) is 0 Å². The zero-order chi connectivity index (χ0) is 84.0. The summed E-state index contributed by atoms with van der Waals surface area (Å²) in [5, 5.41) is 140. The van der Waals surface area contributed by atoms with Crippen LogP contribution in [-0.4, -0.2) is 251 Å². The van der Waals surface area contributed by atoms with Crippen molar-refractivity contribution in [3.63, 3.8) is 0 Å². The molecule has 39 nitrogen and oxygen atoms in total. The normalized spacial score (nSPS) is 31.9. The number of nitrogens with two attached hydrogens (primary N) is 3. The Morgan fingerprint density at radius 1 is 0.707 bits per heavy atom. The number of amidine groups is 1. The average molecular weight is 1640 g/mol. The van der Waals surface area contributed by atoms with Gasteiger partial charge in [-0.2, -0.15) is 0 Å². The van der Waals surface area contributed by atoms with E-state index in [1.807, 2.05) is 0 Å². The van der Waals surface area contributed by atoms with Gasteiger partial charge in [0.05, 0.1) is 49.0 Å². The Balaban J connectivity index is 1.10. The molecule has 7 amide bonds. The van der Waals surface area contributed by atoms with Crippen molar-refractivity contribution in [2.45, 2.75) is 194 Å². The van der Waals surface area contributed by atoms with Crippen molar-refractivity contribution in [3.05, 3.63) is 118 Å². The molecule has 9 aliphatic rings. The number of ether oxygens (including phenoxy) is 9. The molecule has 5 aromatic carbocycles. The number of carbonyl (C=O) groups excluding carboxylic acids is 7. The quantitative estimate of drug-likeness (QED) is 0.0549. The molecule has 14 rings (SSSR count). The van der Waals surface area contributed by atoms with E-state index in [9.17, 15) is 70.6 Å². The maximum absolute atomic E-state index is 16.5. The number of hydrogen-bond donors (Lipinski definition) is 20. The standard InChI is InChI=1S/C76H92ClN11O28/c1-29(27-89)17-42(88(6)74-81-15-16-108-74)67(101)86-56-58(95)34-10-14-45(40(77)19-34)112-47-21-35-20-46(62(47)116-73-63(60(97)59(96)48(28-90)113-73)115-51-26-76(5,80)65(99)31(3)110-51)111-37-11-7-32(8-12-37)61(114-50-25-75(4,79)64(98)30(2)109-50)57-71(105)85-55(72(106)107)39-22-36(91)23-44(93)52(39)38-18-33(9-13-43(38)92)53(68(102)87-57)84-69(103)54(35)83-66(100)41(24-49(78)94)82-70(56)104/h7-14,18-23,29-31,41-42,48,50-51,53-61,63-65,73,89-93,95-99H,15-17,24-28,79-80H2,1-6H3,(H2,78,94)(H,82,104)(H,83,100)(H,84,103)(H,85,105)(H,86,101)(H,87,102)(H,106,107)/t29?,30-,31-,41-,42+,48+,50-,51-,53+,54?,55-,56+,57-,58+,59+,60-,61+,63+,64-,65-,73-,75-,76-/m0/s1. The number of benzene rings is 5. The van der Waals surface area contributed by atoms with Gasteiger partial charge in [-0.15, -0.1) is 0 Å². The number of nitrogens with zero attached hydrogens (tertiary/aromatic N) is 2. The van der Waals surface area contributed by atoms with Crippen LogP contribution in [-0.2, 0) is 66.8 Å². The van der Waals surface area contributed by atoms with Crippen LogP contribution >= 0.6 is 11.6 Å². The number of nitrogens with one attached hydrogen (secondary N) is 6. The van der Waals surface area contributed by atoms with Crippen molar-refractivity contribution in [1.82, 2.24) is 36.8 Å². The maximum Gasteiger partial charge on any atom is 0.330 e. The number of likely N-dealkylation sites (N-methyl/N-ethyl adjacent to an activating group) is 1. The molecule has 626 valence electrons. The molecular formula is C76H92ClN11O28. The molecule has 116 heavy (non-hydrogen) atoms. The fourth-order valence-electron chi connectivity index (χ4n) is 14.9. The number of hydrogen-bond acceptors (Lipinski definition) is 31. The number of aliphatic hydroxyl groups is 7. The van der Waals surface area contributed by atoms with Crippen molar-refractivity contribution >= 4 is 64.9 Å². The van der Waals surface area contributed by atoms with E-state index in [1.165, 1.54) is 76.0 Å². The van der Waals surface area contributed by atoms with Gasteiger partial charge in [-0.05, 0) is 117 Å². The van der Waals surface area contributed by atoms with Gasteiger partial charge in [-0.25, -0.2) is 9.79 Å². The Kier molecular flexibility index (Phi) is 25.3. The van der Waals surface area contributed by atoms with E-state index < -0.39 is 268 Å². The van der Waals surface area contributed by atoms with E-state index in [0.29, 0.717) is 0 Å². The third kappa shape index (κ3) is 18.0. The van der Waals surface area contributed by atoms with Crippen LogP contribution in [0, 0.1) is 5.92 Å². The molecular weight excluding hydrogens is 1550 g/mol. The number of aliphatic carboxylic acids is 1. The van der Waals surface area contributed by atoms with Crippen LogP contribution in [0.5, 0.6) is 46.0 Å². The number of amides is 7. The van der Waals surface area contributed by atoms with Crippen molar-refractivity contribution in [2.24, 2.45) is 28.1 Å². The zero-order valence-electron chi connectivity index (χ0n) is 63.2. The van der Waals surface area contributed by atoms with E-state index in [4.69, 9.17) is 71.4 Å². The number of aliphatic hydroxyl groups excluding tert-OH is 7. The minimum atomic E-state index is -2.39. The van der Waals surface area contributed by atoms with Crippen LogP contribution in [0.15, 0.2) is 89.9 Å². The van der Waals surface area contributed by atoms with E-state index >= 15 is 24.0 Å². The highest BCUT2D eigenvalue weighted by atomic mass is 35.5. The molecule has 2 unspecified atom stereocenters. The molecule has 23 atom stereocenters. The first kappa shape index (κ1) is 85.0. The first-order valence-electron chi connectivity index (χ1n) is 37.0. The SMILES string of the molecule is CC(CO)C[C@H](C(=O)N[C@H]1C(=O)N[C@@H](CC(N)=O)C(=O)NC2C(=O)N[C@H]3C(=O)N[C@H](C(=O)N[C@H](C(=O)O)c4cc(O)cc(O)c4-c4cc3ccc4O)[C@H](O[C@H]3C[C@](C)(N)[C@@H](O)[C@H](C)O3)c3ccc(cc3)Oc3cc2cc(c3O[C@@H]2O[C@H](CO)[C@@H](O)[C@H](O)[C@H]2O[C@H]2C[C@](C)(N)[C@@H](O)[C@H](C)O2)Oc2ccc(cc2Cl)[C@H]1O)N(C)C1=NCCO1. The monoisotopic (exact) mass is 1640 g/mol. The van der Waals surface area contributed by atoms with E-state index in [2.05, 4.69) is 36.9 Å². The van der Waals surface area contributed by atoms with Gasteiger partial charge in [-0.3, -0.25) is 33.6 Å². The number of fused-ring (bicyclic) bond motifs is 15. The molecule has 0 aromatic heterocycles. The minimum absolute atomic E-state index is 0.0131. The number of carboxylic acids is 1. The molecule has 9 heterocycles. The van der Waals surface area contributed by atoms with E-state index in [0.717, 1.165) is 48.5 Å². The third-order valence-corrected chi connectivity index (χ3v) is 21.6. The minimum Gasteiger partial charge on any atom is -0.508 e. The van der Waals surface area contributed by atoms with Crippen LogP contribution in [0.1, 0.15) is 118 Å². The smallest absolute Gasteiger partial charge is 0.330 e. The fraction of sp³-hybridized carbons (Fsp3) is 0.487. The summed E-state index contributed by atoms with van der Waals surface area (Å²) >= 11 is 7.19. The summed E-state index contributed by atoms with van der Waals surface area (Å²) in [6.07, 6.45) is -23.1. The number of carbonyl (C=O) groups is 8. The van der Waals surface area contributed by atoms with Crippen molar-refractivity contribution in [3.8, 4) is 57.1 Å². The maximum atomic E-state index is 16.5. The number of carboxylic acid groups (broad SMARTS) is 1. The number of aromatic hydroxyl groups is 3. The lowest BCUT2D eigenvalue weighted by Gasteiger charge is -2.47. The largest absolute Gasteiger partial charge is 0.508 e. The second kappa shape index (κ2) is 34.5. The van der Waals surface area contributed by atoms with Crippen molar-refractivity contribution in [2.75, 3.05) is 33.4 Å². The van der Waals surface area contributed by atoms with Crippen LogP contribution in [0.25, 0.3) is 11.1 Å². The van der Waals surface area contributed by atoms with Crippen LogP contribution in [0.2, 0.25) is 5.02 Å². The Labute approximate surface area is 666 Å². The Morgan fingerprint density at radius 3 is 1.94 bits per heavy atom. The predicted molar refractivity (Wildman–Crippen MR) is 399 cm³/mol. The van der Waals surface area contributed by atoms with Crippen LogP contribution in [0.4, 0.5) is 0 Å². The van der Waals surface area contributed by atoms with Gasteiger partial charge in [0.1, 0.15) is 102 Å². The molecule has 11 bridgehead atoms. The summed E-state index contributed by atoms with van der Waals surface area (Å²) in [6.45, 7) is 6.52. The molecule has 3 fully saturated rings. The van der Waals surface area contributed by atoms with Gasteiger partial charge in [0.15, 0.2) is 36.2 Å². The first-order valence-corrected chi connectivity index (χ1v) is 37.4. The number of phenolic OH excluding ortho intramolecular Hbond substituents is 3. The topological polar surface area (TPSA) is 608 Å². The molecule has 0 radical (unpaired) electrons. The summed E-state index contributed by atoms with van der Waals surface area (Å²) in [6, 6.07) is 0.678. The number of halogens is 1. The van der Waals surface area contributed by atoms with Gasteiger partial charge in [-0.1, -0.05) is 42.8 Å². The summed E-state index contributed by atoms with van der Waals surface area (Å²) in [4.78, 5) is 127. The summed E-state index contributed by atoms with van der Waals surface area (Å²) in [5.74, 6) is -16.5. The average Bonchev–Trinajstić information content (AvgIpc) is 0.838. The lowest BCUT2D eigenvalue weighted by molar-refractivity contribution is -0.333. The molecule has 3 saturated heterocycles. The summed E-state index contributed by atoms with van der Waals surface area (Å²) < 4.78 is 57.5. The van der Waals surface area contributed by atoms with Gasteiger partial charge in [0.2, 0.25) is 53.4 Å². The molecule has 23 N–H and O–H groups in total. The van der Waals surface area contributed by atoms with Gasteiger partial charge in [0.25, 0.3) is 6.02 Å². The van der Waals surface area contributed by atoms with Gasteiger partial charge < -0.3 is 153 Å². The molecule has 0 saturated carbocycles. The molecule has 5 aromatic rings.